The fourth-order valence-electron chi connectivity index (χ4n) is 2.85. The van der Waals surface area contributed by atoms with Gasteiger partial charge in [-0.15, -0.1) is 0 Å². The lowest BCUT2D eigenvalue weighted by atomic mass is 10.0. The van der Waals surface area contributed by atoms with Gasteiger partial charge in [0.1, 0.15) is 0 Å². The summed E-state index contributed by atoms with van der Waals surface area (Å²) in [7, 11) is 0. The van der Waals surface area contributed by atoms with Gasteiger partial charge in [0.15, 0.2) is 0 Å². The van der Waals surface area contributed by atoms with Crippen molar-refractivity contribution in [2.45, 2.75) is 58.7 Å². The number of rotatable bonds is 6. The van der Waals surface area contributed by atoms with Gasteiger partial charge in [-0.3, -0.25) is 4.90 Å². The molecular formula is C17H28N2. The van der Waals surface area contributed by atoms with Crippen LogP contribution in [0.25, 0.3) is 0 Å². The molecule has 0 aliphatic carbocycles. The van der Waals surface area contributed by atoms with Crippen LogP contribution in [0, 0.1) is 0 Å². The Labute approximate surface area is 118 Å². The predicted molar refractivity (Wildman–Crippen MR) is 82.2 cm³/mol. The van der Waals surface area contributed by atoms with Crippen LogP contribution < -0.4 is 5.32 Å². The van der Waals surface area contributed by atoms with E-state index in [1.54, 1.807) is 0 Å². The summed E-state index contributed by atoms with van der Waals surface area (Å²) in [6.07, 6.45) is 3.86. The second-order valence-electron chi connectivity index (χ2n) is 6.33. The van der Waals surface area contributed by atoms with Gasteiger partial charge in [0.05, 0.1) is 0 Å². The minimum atomic E-state index is 0.376. The summed E-state index contributed by atoms with van der Waals surface area (Å²) in [5.41, 5.74) is 3.20. The molecule has 19 heavy (non-hydrogen) atoms. The second-order valence-corrected chi connectivity index (χ2v) is 6.33. The van der Waals surface area contributed by atoms with E-state index in [1.807, 2.05) is 0 Å². The smallest absolute Gasteiger partial charge is 0.0239 e. The van der Waals surface area contributed by atoms with Gasteiger partial charge in [-0.05, 0) is 57.3 Å². The van der Waals surface area contributed by atoms with Gasteiger partial charge in [-0.1, -0.05) is 31.2 Å². The summed E-state index contributed by atoms with van der Waals surface area (Å²) < 4.78 is 0. The Morgan fingerprint density at radius 3 is 2.42 bits per heavy atom. The first-order valence-electron chi connectivity index (χ1n) is 7.65. The molecule has 1 N–H and O–H groups in total. The van der Waals surface area contributed by atoms with Crippen LogP contribution in [0.15, 0.2) is 24.3 Å². The van der Waals surface area contributed by atoms with Gasteiger partial charge in [-0.2, -0.15) is 0 Å². The minimum absolute atomic E-state index is 0.376. The van der Waals surface area contributed by atoms with E-state index in [1.165, 1.54) is 36.9 Å². The molecule has 0 spiro atoms. The fourth-order valence-corrected chi connectivity index (χ4v) is 2.85. The third-order valence-electron chi connectivity index (χ3n) is 4.22. The highest BCUT2D eigenvalue weighted by Gasteiger charge is 2.31. The highest BCUT2D eigenvalue weighted by molar-refractivity contribution is 5.22. The second kappa shape index (κ2) is 6.53. The van der Waals surface area contributed by atoms with Crippen molar-refractivity contribution in [3.05, 3.63) is 35.4 Å². The summed E-state index contributed by atoms with van der Waals surface area (Å²) >= 11 is 0. The van der Waals surface area contributed by atoms with Gasteiger partial charge < -0.3 is 5.32 Å². The highest BCUT2D eigenvalue weighted by atomic mass is 15.2. The van der Waals surface area contributed by atoms with Crippen molar-refractivity contribution in [1.82, 2.24) is 10.2 Å². The van der Waals surface area contributed by atoms with Crippen LogP contribution in [0.2, 0.25) is 0 Å². The maximum absolute atomic E-state index is 3.45. The molecule has 2 heteroatoms. The van der Waals surface area contributed by atoms with Crippen molar-refractivity contribution < 1.29 is 0 Å². The van der Waals surface area contributed by atoms with Crippen molar-refractivity contribution in [1.29, 1.82) is 0 Å². The highest BCUT2D eigenvalue weighted by Crippen LogP contribution is 2.29. The minimum Gasteiger partial charge on any atom is -0.313 e. The van der Waals surface area contributed by atoms with Crippen molar-refractivity contribution in [3.8, 4) is 0 Å². The lowest BCUT2D eigenvalue weighted by Gasteiger charge is -2.31. The van der Waals surface area contributed by atoms with Crippen LogP contribution in [-0.2, 0) is 13.1 Å². The third kappa shape index (κ3) is 4.05. The fraction of sp³-hybridized carbons (Fsp3) is 0.647. The Morgan fingerprint density at radius 1 is 1.16 bits per heavy atom. The number of hydrogen-bond donors (Lipinski definition) is 1. The van der Waals surface area contributed by atoms with Crippen molar-refractivity contribution in [3.63, 3.8) is 0 Å². The van der Waals surface area contributed by atoms with E-state index in [0.717, 1.165) is 19.6 Å². The first kappa shape index (κ1) is 14.5. The predicted octanol–water partition coefficient (Wildman–Crippen LogP) is 3.56. The molecular weight excluding hydrogens is 232 g/mol. The van der Waals surface area contributed by atoms with E-state index in [9.17, 15) is 0 Å². The topological polar surface area (TPSA) is 15.3 Å². The molecule has 1 saturated heterocycles. The van der Waals surface area contributed by atoms with E-state index in [2.05, 4.69) is 55.3 Å². The Hall–Kier alpha value is -0.860. The van der Waals surface area contributed by atoms with Crippen molar-refractivity contribution in [2.24, 2.45) is 0 Å². The zero-order chi connectivity index (χ0) is 13.7. The van der Waals surface area contributed by atoms with Crippen LogP contribution in [-0.4, -0.2) is 23.5 Å². The molecule has 0 radical (unpaired) electrons. The van der Waals surface area contributed by atoms with Crippen LogP contribution >= 0.6 is 0 Å². The average molecular weight is 260 g/mol. The van der Waals surface area contributed by atoms with Crippen LogP contribution in [0.3, 0.4) is 0 Å². The Balaban J connectivity index is 1.88. The molecule has 1 heterocycles. The molecule has 1 aliphatic heterocycles. The van der Waals surface area contributed by atoms with Gasteiger partial charge in [0.25, 0.3) is 0 Å². The molecule has 2 rings (SSSR count). The number of nitrogens with zero attached hydrogens (tertiary/aromatic N) is 1. The number of hydrogen-bond acceptors (Lipinski definition) is 2. The molecule has 0 unspecified atom stereocenters. The quantitative estimate of drug-likeness (QED) is 0.787. The molecule has 0 atom stereocenters. The molecule has 0 bridgehead atoms. The molecule has 1 aromatic rings. The number of likely N-dealkylation sites (tertiary alicyclic amines) is 1. The van der Waals surface area contributed by atoms with Gasteiger partial charge >= 0.3 is 0 Å². The molecule has 1 aromatic carbocycles. The van der Waals surface area contributed by atoms with E-state index in [-0.39, 0.29) is 0 Å². The summed E-state index contributed by atoms with van der Waals surface area (Å²) in [5, 5.41) is 3.45. The summed E-state index contributed by atoms with van der Waals surface area (Å²) in [6.45, 7) is 11.4. The van der Waals surface area contributed by atoms with E-state index in [0.29, 0.717) is 5.54 Å². The molecule has 1 fully saturated rings. The van der Waals surface area contributed by atoms with E-state index in [4.69, 9.17) is 0 Å². The Kier molecular flexibility index (Phi) is 5.00. The molecule has 0 aromatic heterocycles. The average Bonchev–Trinajstić information content (AvgIpc) is 2.71. The first-order chi connectivity index (χ1) is 9.12. The maximum atomic E-state index is 3.45. The molecule has 0 amide bonds. The standard InChI is InChI=1S/C17H28N2/c1-4-11-18-13-15-6-8-16(9-7-15)14-19-12-5-10-17(19,2)3/h6-9,18H,4-5,10-14H2,1-3H3. The van der Waals surface area contributed by atoms with Crippen molar-refractivity contribution >= 4 is 0 Å². The largest absolute Gasteiger partial charge is 0.313 e. The molecule has 0 saturated carbocycles. The zero-order valence-corrected chi connectivity index (χ0v) is 12.7. The SMILES string of the molecule is CCCNCc1ccc(CN2CCCC2(C)C)cc1. The van der Waals surface area contributed by atoms with Crippen LogP contribution in [0.5, 0.6) is 0 Å². The van der Waals surface area contributed by atoms with Gasteiger partial charge in [0.2, 0.25) is 0 Å². The summed E-state index contributed by atoms with van der Waals surface area (Å²) in [5.74, 6) is 0. The van der Waals surface area contributed by atoms with Crippen molar-refractivity contribution in [2.75, 3.05) is 13.1 Å². The summed E-state index contributed by atoms with van der Waals surface area (Å²) in [4.78, 5) is 2.61. The van der Waals surface area contributed by atoms with Crippen LogP contribution in [0.4, 0.5) is 0 Å². The van der Waals surface area contributed by atoms with E-state index < -0.39 is 0 Å². The third-order valence-corrected chi connectivity index (χ3v) is 4.22. The maximum Gasteiger partial charge on any atom is 0.0239 e. The van der Waals surface area contributed by atoms with E-state index >= 15 is 0 Å². The van der Waals surface area contributed by atoms with Gasteiger partial charge in [-0.25, -0.2) is 0 Å². The lowest BCUT2D eigenvalue weighted by molar-refractivity contribution is 0.166. The number of nitrogens with one attached hydrogen (secondary N) is 1. The zero-order valence-electron chi connectivity index (χ0n) is 12.7. The summed E-state index contributed by atoms with van der Waals surface area (Å²) in [6, 6.07) is 9.11. The molecule has 1 aliphatic rings. The molecule has 2 nitrogen and oxygen atoms in total. The molecule has 106 valence electrons. The first-order valence-corrected chi connectivity index (χ1v) is 7.65. The Morgan fingerprint density at radius 2 is 1.84 bits per heavy atom. The normalized spacial score (nSPS) is 18.9. The van der Waals surface area contributed by atoms with Crippen LogP contribution in [0.1, 0.15) is 51.2 Å². The monoisotopic (exact) mass is 260 g/mol. The Bertz CT molecular complexity index is 381. The lowest BCUT2D eigenvalue weighted by Crippen LogP contribution is -2.37. The number of benzene rings is 1. The van der Waals surface area contributed by atoms with Gasteiger partial charge in [0, 0.05) is 18.6 Å².